The summed E-state index contributed by atoms with van der Waals surface area (Å²) in [5, 5.41) is 3.26. The van der Waals surface area contributed by atoms with Gasteiger partial charge in [-0.05, 0) is 30.7 Å². The van der Waals surface area contributed by atoms with Gasteiger partial charge in [0.25, 0.3) is 0 Å². The number of para-hydroxylation sites is 2. The van der Waals surface area contributed by atoms with E-state index in [1.807, 2.05) is 31.2 Å². The summed E-state index contributed by atoms with van der Waals surface area (Å²) in [4.78, 5) is 0. The molecule has 0 bridgehead atoms. The Morgan fingerprint density at radius 2 is 1.78 bits per heavy atom. The molecule has 0 fully saturated rings. The summed E-state index contributed by atoms with van der Waals surface area (Å²) in [6.07, 6.45) is 0. The number of halogens is 1. The van der Waals surface area contributed by atoms with Gasteiger partial charge < -0.3 is 10.1 Å². The fourth-order valence-corrected chi connectivity index (χ4v) is 1.68. The van der Waals surface area contributed by atoms with E-state index in [-0.39, 0.29) is 5.82 Å². The standard InChI is InChI=1S/C15H16FNO/c1-12-6-2-4-8-14(12)17-10-11-18-15-9-5-3-7-13(15)16/h2-9,17H,10-11H2,1H3. The highest BCUT2D eigenvalue weighted by Crippen LogP contribution is 2.15. The quantitative estimate of drug-likeness (QED) is 0.812. The second kappa shape index (κ2) is 6.05. The molecule has 0 aliphatic heterocycles. The lowest BCUT2D eigenvalue weighted by molar-refractivity contribution is 0.315. The van der Waals surface area contributed by atoms with Crippen LogP contribution in [0.2, 0.25) is 0 Å². The summed E-state index contributed by atoms with van der Waals surface area (Å²) >= 11 is 0. The molecular formula is C15H16FNO. The minimum Gasteiger partial charge on any atom is -0.489 e. The van der Waals surface area contributed by atoms with E-state index in [9.17, 15) is 4.39 Å². The first-order chi connectivity index (χ1) is 8.77. The summed E-state index contributed by atoms with van der Waals surface area (Å²) in [5.41, 5.74) is 2.26. The van der Waals surface area contributed by atoms with Crippen molar-refractivity contribution >= 4 is 5.69 Å². The summed E-state index contributed by atoms with van der Waals surface area (Å²) in [6, 6.07) is 14.5. The highest BCUT2D eigenvalue weighted by atomic mass is 19.1. The van der Waals surface area contributed by atoms with Gasteiger partial charge in [-0.1, -0.05) is 30.3 Å². The normalized spacial score (nSPS) is 10.1. The number of ether oxygens (including phenoxy) is 1. The molecule has 0 aromatic heterocycles. The van der Waals surface area contributed by atoms with Crippen molar-refractivity contribution < 1.29 is 9.13 Å². The van der Waals surface area contributed by atoms with Crippen molar-refractivity contribution in [2.24, 2.45) is 0 Å². The summed E-state index contributed by atoms with van der Waals surface area (Å²) in [7, 11) is 0. The molecule has 0 amide bonds. The van der Waals surface area contributed by atoms with Crippen LogP contribution in [-0.4, -0.2) is 13.2 Å². The first-order valence-corrected chi connectivity index (χ1v) is 5.94. The third kappa shape index (κ3) is 3.23. The fourth-order valence-electron chi connectivity index (χ4n) is 1.68. The first kappa shape index (κ1) is 12.4. The third-order valence-electron chi connectivity index (χ3n) is 2.66. The van der Waals surface area contributed by atoms with Gasteiger partial charge in [-0.25, -0.2) is 4.39 Å². The van der Waals surface area contributed by atoms with Crippen LogP contribution in [0.1, 0.15) is 5.56 Å². The summed E-state index contributed by atoms with van der Waals surface area (Å²) in [5.74, 6) is -0.0301. The second-order valence-electron chi connectivity index (χ2n) is 4.02. The molecule has 0 unspecified atom stereocenters. The summed E-state index contributed by atoms with van der Waals surface area (Å²) < 4.78 is 18.6. The van der Waals surface area contributed by atoms with Gasteiger partial charge in [-0.2, -0.15) is 0 Å². The largest absolute Gasteiger partial charge is 0.489 e. The van der Waals surface area contributed by atoms with Crippen LogP contribution < -0.4 is 10.1 Å². The first-order valence-electron chi connectivity index (χ1n) is 5.94. The Labute approximate surface area is 106 Å². The second-order valence-corrected chi connectivity index (χ2v) is 4.02. The van der Waals surface area contributed by atoms with E-state index in [1.54, 1.807) is 18.2 Å². The minimum atomic E-state index is -0.326. The molecule has 3 heteroatoms. The number of hydrogen-bond donors (Lipinski definition) is 1. The van der Waals surface area contributed by atoms with Crippen LogP contribution in [-0.2, 0) is 0 Å². The lowest BCUT2D eigenvalue weighted by Gasteiger charge is -2.10. The van der Waals surface area contributed by atoms with Crippen molar-refractivity contribution in [3.8, 4) is 5.75 Å². The maximum Gasteiger partial charge on any atom is 0.165 e. The molecule has 2 rings (SSSR count). The van der Waals surface area contributed by atoms with Gasteiger partial charge in [-0.15, -0.1) is 0 Å². The Balaban J connectivity index is 1.80. The van der Waals surface area contributed by atoms with Gasteiger partial charge in [0.15, 0.2) is 11.6 Å². The molecule has 2 aromatic rings. The number of aryl methyl sites for hydroxylation is 1. The molecule has 1 N–H and O–H groups in total. The number of nitrogens with one attached hydrogen (secondary N) is 1. The van der Waals surface area contributed by atoms with E-state index >= 15 is 0 Å². The molecule has 0 saturated heterocycles. The van der Waals surface area contributed by atoms with Crippen LogP contribution in [0.25, 0.3) is 0 Å². The number of anilines is 1. The van der Waals surface area contributed by atoms with Crippen molar-refractivity contribution in [2.75, 3.05) is 18.5 Å². The predicted octanol–water partition coefficient (Wildman–Crippen LogP) is 3.63. The van der Waals surface area contributed by atoms with Crippen LogP contribution in [0.4, 0.5) is 10.1 Å². The van der Waals surface area contributed by atoms with Gasteiger partial charge in [0.1, 0.15) is 6.61 Å². The molecule has 0 aliphatic rings. The van der Waals surface area contributed by atoms with Crippen molar-refractivity contribution in [2.45, 2.75) is 6.92 Å². The highest BCUT2D eigenvalue weighted by Gasteiger charge is 2.01. The fraction of sp³-hybridized carbons (Fsp3) is 0.200. The van der Waals surface area contributed by atoms with Crippen LogP contribution >= 0.6 is 0 Å². The molecule has 2 aromatic carbocycles. The summed E-state index contributed by atoms with van der Waals surface area (Å²) in [6.45, 7) is 3.11. The van der Waals surface area contributed by atoms with Crippen LogP contribution in [0.15, 0.2) is 48.5 Å². The topological polar surface area (TPSA) is 21.3 Å². The van der Waals surface area contributed by atoms with E-state index in [0.29, 0.717) is 18.9 Å². The molecule has 0 saturated carbocycles. The van der Waals surface area contributed by atoms with Crippen molar-refractivity contribution in [3.05, 3.63) is 59.9 Å². The maximum atomic E-state index is 13.3. The van der Waals surface area contributed by atoms with Crippen molar-refractivity contribution in [3.63, 3.8) is 0 Å². The molecule has 2 nitrogen and oxygen atoms in total. The molecule has 0 heterocycles. The smallest absolute Gasteiger partial charge is 0.165 e. The van der Waals surface area contributed by atoms with Gasteiger partial charge >= 0.3 is 0 Å². The van der Waals surface area contributed by atoms with E-state index in [1.165, 1.54) is 11.6 Å². The average molecular weight is 245 g/mol. The Hall–Kier alpha value is -2.03. The van der Waals surface area contributed by atoms with Crippen molar-refractivity contribution in [1.29, 1.82) is 0 Å². The Morgan fingerprint density at radius 3 is 2.56 bits per heavy atom. The Morgan fingerprint density at radius 1 is 1.06 bits per heavy atom. The number of hydrogen-bond acceptors (Lipinski definition) is 2. The molecule has 94 valence electrons. The van der Waals surface area contributed by atoms with E-state index in [4.69, 9.17) is 4.74 Å². The molecular weight excluding hydrogens is 229 g/mol. The van der Waals surface area contributed by atoms with Crippen LogP contribution in [0.5, 0.6) is 5.75 Å². The minimum absolute atomic E-state index is 0.295. The van der Waals surface area contributed by atoms with E-state index in [0.717, 1.165) is 5.69 Å². The lowest BCUT2D eigenvalue weighted by atomic mass is 10.2. The molecule has 0 atom stereocenters. The van der Waals surface area contributed by atoms with Gasteiger partial charge in [-0.3, -0.25) is 0 Å². The van der Waals surface area contributed by atoms with Gasteiger partial charge in [0.2, 0.25) is 0 Å². The maximum absolute atomic E-state index is 13.3. The van der Waals surface area contributed by atoms with Gasteiger partial charge in [0.05, 0.1) is 0 Å². The Kier molecular flexibility index (Phi) is 4.18. The third-order valence-corrected chi connectivity index (χ3v) is 2.66. The zero-order chi connectivity index (χ0) is 12.8. The van der Waals surface area contributed by atoms with E-state index in [2.05, 4.69) is 5.32 Å². The van der Waals surface area contributed by atoms with Crippen LogP contribution in [0.3, 0.4) is 0 Å². The zero-order valence-electron chi connectivity index (χ0n) is 10.3. The Bertz CT molecular complexity index is 466. The molecule has 18 heavy (non-hydrogen) atoms. The lowest BCUT2D eigenvalue weighted by Crippen LogP contribution is -2.12. The molecule has 0 aliphatic carbocycles. The monoisotopic (exact) mass is 245 g/mol. The van der Waals surface area contributed by atoms with Crippen LogP contribution in [0, 0.1) is 12.7 Å². The van der Waals surface area contributed by atoms with Crippen molar-refractivity contribution in [1.82, 2.24) is 0 Å². The highest BCUT2D eigenvalue weighted by molar-refractivity contribution is 5.50. The predicted molar refractivity (Wildman–Crippen MR) is 71.6 cm³/mol. The molecule has 0 radical (unpaired) electrons. The number of rotatable bonds is 5. The zero-order valence-corrected chi connectivity index (χ0v) is 10.3. The van der Waals surface area contributed by atoms with Gasteiger partial charge in [0, 0.05) is 12.2 Å². The average Bonchev–Trinajstić information content (AvgIpc) is 2.38. The number of benzene rings is 2. The SMILES string of the molecule is Cc1ccccc1NCCOc1ccccc1F. The molecule has 0 spiro atoms. The van der Waals surface area contributed by atoms with E-state index < -0.39 is 0 Å².